The minimum Gasteiger partial charge on any atom is -0.361 e. The molecule has 1 nitrogen and oxygen atoms in total. The van der Waals surface area contributed by atoms with Crippen molar-refractivity contribution in [1.82, 2.24) is 4.98 Å². The van der Waals surface area contributed by atoms with Gasteiger partial charge in [-0.05, 0) is 29.8 Å². The monoisotopic (exact) mass is 245 g/mol. The summed E-state index contributed by atoms with van der Waals surface area (Å²) in [4.78, 5) is 3.10. The summed E-state index contributed by atoms with van der Waals surface area (Å²) in [5, 5.41) is 1.67. The summed E-state index contributed by atoms with van der Waals surface area (Å²) in [5.74, 6) is -0.243. The summed E-state index contributed by atoms with van der Waals surface area (Å²) in [6.07, 6.45) is 1.85. The number of benzene rings is 2. The summed E-state index contributed by atoms with van der Waals surface area (Å²) < 4.78 is 12.9. The van der Waals surface area contributed by atoms with Crippen molar-refractivity contribution in [2.75, 3.05) is 0 Å². The molecule has 0 bridgehead atoms. The van der Waals surface area contributed by atoms with E-state index in [1.165, 1.54) is 12.1 Å². The van der Waals surface area contributed by atoms with E-state index in [4.69, 9.17) is 11.6 Å². The van der Waals surface area contributed by atoms with E-state index in [9.17, 15) is 4.39 Å². The van der Waals surface area contributed by atoms with Crippen LogP contribution in [-0.2, 0) is 0 Å². The summed E-state index contributed by atoms with van der Waals surface area (Å²) >= 11 is 6.34. The van der Waals surface area contributed by atoms with Crippen molar-refractivity contribution in [3.63, 3.8) is 0 Å². The molecular formula is C14H9ClFN. The fourth-order valence-corrected chi connectivity index (χ4v) is 2.29. The molecule has 3 heteroatoms. The summed E-state index contributed by atoms with van der Waals surface area (Å²) in [7, 11) is 0. The molecule has 0 radical (unpaired) electrons. The lowest BCUT2D eigenvalue weighted by Crippen LogP contribution is -1.81. The van der Waals surface area contributed by atoms with E-state index in [1.54, 1.807) is 12.1 Å². The fraction of sp³-hybridized carbons (Fsp3) is 0. The number of fused-ring (bicyclic) bond motifs is 1. The third-order valence-corrected chi connectivity index (χ3v) is 3.23. The van der Waals surface area contributed by atoms with Crippen molar-refractivity contribution < 1.29 is 4.39 Å². The number of aromatic amines is 1. The second-order valence-electron chi connectivity index (χ2n) is 3.87. The predicted octanol–water partition coefficient (Wildman–Crippen LogP) is 4.63. The Morgan fingerprint density at radius 2 is 1.71 bits per heavy atom. The van der Waals surface area contributed by atoms with Gasteiger partial charge in [0.2, 0.25) is 0 Å². The van der Waals surface area contributed by atoms with Crippen LogP contribution in [0.3, 0.4) is 0 Å². The first-order chi connectivity index (χ1) is 8.25. The van der Waals surface area contributed by atoms with Crippen molar-refractivity contribution in [2.45, 2.75) is 0 Å². The number of hydrogen-bond donors (Lipinski definition) is 1. The summed E-state index contributed by atoms with van der Waals surface area (Å²) in [5.41, 5.74) is 2.83. The predicted molar refractivity (Wildman–Crippen MR) is 68.7 cm³/mol. The zero-order chi connectivity index (χ0) is 11.8. The first-order valence-corrected chi connectivity index (χ1v) is 5.65. The average Bonchev–Trinajstić information content (AvgIpc) is 2.80. The minimum atomic E-state index is -0.243. The van der Waals surface area contributed by atoms with E-state index in [2.05, 4.69) is 4.98 Å². The molecule has 1 aromatic heterocycles. The van der Waals surface area contributed by atoms with E-state index in [0.717, 1.165) is 22.0 Å². The molecule has 2 aromatic carbocycles. The highest BCUT2D eigenvalue weighted by Crippen LogP contribution is 2.33. The fourth-order valence-electron chi connectivity index (χ4n) is 1.95. The van der Waals surface area contributed by atoms with E-state index in [-0.39, 0.29) is 5.82 Å². The minimum absolute atomic E-state index is 0.243. The van der Waals surface area contributed by atoms with Crippen molar-refractivity contribution in [2.24, 2.45) is 0 Å². The van der Waals surface area contributed by atoms with Gasteiger partial charge in [-0.1, -0.05) is 29.8 Å². The van der Waals surface area contributed by atoms with Gasteiger partial charge in [-0.25, -0.2) is 4.39 Å². The zero-order valence-electron chi connectivity index (χ0n) is 8.87. The Kier molecular flexibility index (Phi) is 2.37. The van der Waals surface area contributed by atoms with Gasteiger partial charge >= 0.3 is 0 Å². The van der Waals surface area contributed by atoms with Crippen molar-refractivity contribution >= 4 is 22.5 Å². The maximum absolute atomic E-state index is 12.9. The average molecular weight is 246 g/mol. The van der Waals surface area contributed by atoms with Crippen molar-refractivity contribution in [3.8, 4) is 11.1 Å². The molecule has 0 aliphatic heterocycles. The Balaban J connectivity index is 2.23. The molecule has 1 heterocycles. The second kappa shape index (κ2) is 3.90. The van der Waals surface area contributed by atoms with Crippen LogP contribution in [0.4, 0.5) is 4.39 Å². The highest BCUT2D eigenvalue weighted by atomic mass is 35.5. The van der Waals surface area contributed by atoms with Crippen LogP contribution < -0.4 is 0 Å². The lowest BCUT2D eigenvalue weighted by atomic mass is 10.0. The Hall–Kier alpha value is -1.80. The molecule has 0 spiro atoms. The van der Waals surface area contributed by atoms with E-state index in [1.807, 2.05) is 24.4 Å². The number of nitrogens with one attached hydrogen (secondary N) is 1. The van der Waals surface area contributed by atoms with Crippen LogP contribution in [0.2, 0.25) is 5.02 Å². The number of aromatic nitrogens is 1. The number of H-pyrrole nitrogens is 1. The third kappa shape index (κ3) is 1.71. The van der Waals surface area contributed by atoms with Crippen LogP contribution in [-0.4, -0.2) is 4.98 Å². The normalized spacial score (nSPS) is 10.9. The Labute approximate surface area is 103 Å². The van der Waals surface area contributed by atoms with Gasteiger partial charge in [-0.15, -0.1) is 0 Å². The number of halogens is 2. The smallest absolute Gasteiger partial charge is 0.123 e. The topological polar surface area (TPSA) is 15.8 Å². The highest BCUT2D eigenvalue weighted by molar-refractivity contribution is 6.38. The first kappa shape index (κ1) is 10.4. The van der Waals surface area contributed by atoms with Crippen molar-refractivity contribution in [3.05, 3.63) is 59.5 Å². The first-order valence-electron chi connectivity index (χ1n) is 5.27. The number of rotatable bonds is 1. The van der Waals surface area contributed by atoms with Crippen LogP contribution in [0.25, 0.3) is 22.0 Å². The molecule has 3 aromatic rings. The molecule has 3 rings (SSSR count). The molecule has 1 N–H and O–H groups in total. The van der Waals surface area contributed by atoms with Crippen LogP contribution in [0.1, 0.15) is 0 Å². The molecular weight excluding hydrogens is 237 g/mol. The van der Waals surface area contributed by atoms with E-state index >= 15 is 0 Å². The quantitative estimate of drug-likeness (QED) is 0.644. The van der Waals surface area contributed by atoms with Gasteiger partial charge in [0, 0.05) is 22.7 Å². The molecule has 17 heavy (non-hydrogen) atoms. The van der Waals surface area contributed by atoms with Gasteiger partial charge < -0.3 is 4.98 Å². The second-order valence-corrected chi connectivity index (χ2v) is 4.25. The van der Waals surface area contributed by atoms with Gasteiger partial charge in [-0.3, -0.25) is 0 Å². The van der Waals surface area contributed by atoms with Gasteiger partial charge in [0.1, 0.15) is 5.82 Å². The van der Waals surface area contributed by atoms with Gasteiger partial charge in [0.25, 0.3) is 0 Å². The maximum atomic E-state index is 12.9. The third-order valence-electron chi connectivity index (χ3n) is 2.82. The van der Waals surface area contributed by atoms with Crippen LogP contribution in [0.15, 0.2) is 48.7 Å². The molecule has 0 unspecified atom stereocenters. The SMILES string of the molecule is Fc1ccc(-c2ccc3[nH]ccc3c2Cl)cc1. The van der Waals surface area contributed by atoms with E-state index in [0.29, 0.717) is 5.02 Å². The molecule has 0 saturated heterocycles. The van der Waals surface area contributed by atoms with Crippen molar-refractivity contribution in [1.29, 1.82) is 0 Å². The largest absolute Gasteiger partial charge is 0.361 e. The van der Waals surface area contributed by atoms with Gasteiger partial charge in [-0.2, -0.15) is 0 Å². The standard InChI is InChI=1S/C14H9ClFN/c15-14-11(9-1-3-10(16)4-2-9)5-6-13-12(14)7-8-17-13/h1-8,17H. The highest BCUT2D eigenvalue weighted by Gasteiger charge is 2.08. The van der Waals surface area contributed by atoms with E-state index < -0.39 is 0 Å². The molecule has 0 fully saturated rings. The summed E-state index contributed by atoms with van der Waals surface area (Å²) in [6, 6.07) is 12.2. The molecule has 0 aliphatic carbocycles. The van der Waals surface area contributed by atoms with Crippen LogP contribution in [0.5, 0.6) is 0 Å². The van der Waals surface area contributed by atoms with Crippen LogP contribution in [0, 0.1) is 5.82 Å². The maximum Gasteiger partial charge on any atom is 0.123 e. The molecule has 0 amide bonds. The molecule has 0 atom stereocenters. The zero-order valence-corrected chi connectivity index (χ0v) is 9.63. The summed E-state index contributed by atoms with van der Waals surface area (Å²) in [6.45, 7) is 0. The lowest BCUT2D eigenvalue weighted by Gasteiger charge is -2.05. The molecule has 0 saturated carbocycles. The van der Waals surface area contributed by atoms with Gasteiger partial charge in [0.05, 0.1) is 5.02 Å². The molecule has 0 aliphatic rings. The van der Waals surface area contributed by atoms with Gasteiger partial charge in [0.15, 0.2) is 0 Å². The lowest BCUT2D eigenvalue weighted by molar-refractivity contribution is 0.628. The Morgan fingerprint density at radius 3 is 2.47 bits per heavy atom. The Bertz CT molecular complexity index is 670. The Morgan fingerprint density at radius 1 is 0.941 bits per heavy atom. The van der Waals surface area contributed by atoms with Crippen LogP contribution >= 0.6 is 11.6 Å². The number of hydrogen-bond acceptors (Lipinski definition) is 0. The molecule has 84 valence electrons.